The molecule has 5 nitrogen and oxygen atoms in total. The van der Waals surface area contributed by atoms with Crippen LogP contribution in [-0.4, -0.2) is 43.5 Å². The van der Waals surface area contributed by atoms with Crippen molar-refractivity contribution in [1.82, 2.24) is 9.97 Å². The number of alkyl halides is 3. The van der Waals surface area contributed by atoms with E-state index < -0.39 is 12.8 Å². The van der Waals surface area contributed by atoms with Crippen LogP contribution in [-0.2, 0) is 22.5 Å². The molecule has 0 saturated heterocycles. The summed E-state index contributed by atoms with van der Waals surface area (Å²) >= 11 is 2.09. The third kappa shape index (κ3) is 5.75. The first-order valence-corrected chi connectivity index (χ1v) is 6.81. The summed E-state index contributed by atoms with van der Waals surface area (Å²) in [4.78, 5) is 8.48. The minimum absolute atomic E-state index is 0.0876. The van der Waals surface area contributed by atoms with Gasteiger partial charge in [0.2, 0.25) is 0 Å². The maximum Gasteiger partial charge on any atom is 0.411 e. The monoisotopic (exact) mass is 405 g/mol. The number of ether oxygens (including phenoxy) is 2. The molecule has 0 aliphatic rings. The van der Waals surface area contributed by atoms with E-state index in [0.717, 1.165) is 3.57 Å². The quantitative estimate of drug-likeness (QED) is 0.558. The molecule has 0 bridgehead atoms. The SMILES string of the molecule is CNc1nc(CCOCC(F)(F)F)nc(COC)c1I. The molecule has 1 aromatic heterocycles. The molecule has 1 aromatic rings. The zero-order valence-corrected chi connectivity index (χ0v) is 13.2. The van der Waals surface area contributed by atoms with Gasteiger partial charge in [-0.15, -0.1) is 0 Å². The Bertz CT molecular complexity index is 444. The summed E-state index contributed by atoms with van der Waals surface area (Å²) in [5.41, 5.74) is 0.693. The lowest BCUT2D eigenvalue weighted by Crippen LogP contribution is -2.18. The second-order valence-electron chi connectivity index (χ2n) is 3.85. The zero-order chi connectivity index (χ0) is 15.2. The summed E-state index contributed by atoms with van der Waals surface area (Å²) in [6.45, 7) is -1.04. The summed E-state index contributed by atoms with van der Waals surface area (Å²) in [6.07, 6.45) is -4.11. The minimum atomic E-state index is -4.32. The molecule has 114 valence electrons. The molecule has 1 heterocycles. The summed E-state index contributed by atoms with van der Waals surface area (Å²) in [5.74, 6) is 1.04. The van der Waals surface area contributed by atoms with Crippen molar-refractivity contribution in [2.45, 2.75) is 19.2 Å². The van der Waals surface area contributed by atoms with Crippen molar-refractivity contribution in [1.29, 1.82) is 0 Å². The van der Waals surface area contributed by atoms with Crippen molar-refractivity contribution in [2.75, 3.05) is 32.7 Å². The molecule has 0 aliphatic heterocycles. The van der Waals surface area contributed by atoms with Gasteiger partial charge in [0.1, 0.15) is 18.2 Å². The van der Waals surface area contributed by atoms with Crippen LogP contribution in [0.1, 0.15) is 11.5 Å². The Hall–Kier alpha value is -0.680. The molecule has 1 N–H and O–H groups in total. The zero-order valence-electron chi connectivity index (χ0n) is 11.1. The number of hydrogen-bond donors (Lipinski definition) is 1. The highest BCUT2D eigenvalue weighted by molar-refractivity contribution is 14.1. The van der Waals surface area contributed by atoms with Crippen LogP contribution in [0.2, 0.25) is 0 Å². The number of hydrogen-bond acceptors (Lipinski definition) is 5. The predicted octanol–water partition coefficient (Wildman–Crippen LogP) is 2.39. The number of methoxy groups -OCH3 is 1. The number of aromatic nitrogens is 2. The van der Waals surface area contributed by atoms with Gasteiger partial charge in [-0.2, -0.15) is 13.2 Å². The fourth-order valence-electron chi connectivity index (χ4n) is 1.41. The first-order valence-electron chi connectivity index (χ1n) is 5.74. The van der Waals surface area contributed by atoms with Crippen LogP contribution in [0, 0.1) is 3.57 Å². The van der Waals surface area contributed by atoms with Crippen molar-refractivity contribution in [3.05, 3.63) is 15.1 Å². The molecule has 1 rings (SSSR count). The molecule has 0 saturated carbocycles. The van der Waals surface area contributed by atoms with Gasteiger partial charge in [0.05, 0.1) is 22.5 Å². The van der Waals surface area contributed by atoms with Crippen LogP contribution >= 0.6 is 22.6 Å². The lowest BCUT2D eigenvalue weighted by Gasteiger charge is -2.11. The molecule has 0 fully saturated rings. The maximum atomic E-state index is 11.9. The summed E-state index contributed by atoms with van der Waals surface area (Å²) < 4.78 is 46.2. The van der Waals surface area contributed by atoms with E-state index in [9.17, 15) is 13.2 Å². The second kappa shape index (κ2) is 7.93. The fraction of sp³-hybridized carbons (Fsp3) is 0.636. The van der Waals surface area contributed by atoms with Gasteiger partial charge in [0, 0.05) is 20.6 Å². The molecular weight excluding hydrogens is 390 g/mol. The van der Waals surface area contributed by atoms with E-state index >= 15 is 0 Å². The molecule has 0 spiro atoms. The van der Waals surface area contributed by atoms with Crippen molar-refractivity contribution < 1.29 is 22.6 Å². The van der Waals surface area contributed by atoms with Crippen molar-refractivity contribution in [3.8, 4) is 0 Å². The summed E-state index contributed by atoms with van der Waals surface area (Å²) in [6, 6.07) is 0. The van der Waals surface area contributed by atoms with E-state index in [-0.39, 0.29) is 13.0 Å². The Labute approximate surface area is 128 Å². The standard InChI is InChI=1S/C11H15F3IN3O2/c1-16-10-9(15)7(5-19-2)17-8(18-10)3-4-20-6-11(12,13)14/h3-6H2,1-2H3,(H,16,17,18). The van der Waals surface area contributed by atoms with Crippen LogP contribution in [0.5, 0.6) is 0 Å². The normalized spacial score (nSPS) is 11.7. The molecule has 0 amide bonds. The molecule has 0 atom stereocenters. The van der Waals surface area contributed by atoms with E-state index in [1.165, 1.54) is 0 Å². The first-order chi connectivity index (χ1) is 9.37. The molecule has 0 aromatic carbocycles. The first kappa shape index (κ1) is 17.4. The highest BCUT2D eigenvalue weighted by atomic mass is 127. The van der Waals surface area contributed by atoms with E-state index in [1.54, 1.807) is 14.2 Å². The van der Waals surface area contributed by atoms with Gasteiger partial charge in [-0.25, -0.2) is 9.97 Å². The number of anilines is 1. The Kier molecular flexibility index (Phi) is 6.89. The molecule has 0 aliphatic carbocycles. The number of nitrogens with one attached hydrogen (secondary N) is 1. The van der Waals surface area contributed by atoms with E-state index in [4.69, 9.17) is 4.74 Å². The minimum Gasteiger partial charge on any atom is -0.378 e. The van der Waals surface area contributed by atoms with E-state index in [0.29, 0.717) is 23.9 Å². The van der Waals surface area contributed by atoms with Crippen LogP contribution in [0.4, 0.5) is 19.0 Å². The number of rotatable bonds is 7. The summed E-state index contributed by atoms with van der Waals surface area (Å²) in [5, 5.41) is 2.91. The van der Waals surface area contributed by atoms with E-state index in [2.05, 4.69) is 42.6 Å². The maximum absolute atomic E-state index is 11.9. The van der Waals surface area contributed by atoms with Gasteiger partial charge >= 0.3 is 6.18 Å². The number of nitrogens with zero attached hydrogens (tertiary/aromatic N) is 2. The van der Waals surface area contributed by atoms with Crippen molar-refractivity contribution in [3.63, 3.8) is 0 Å². The smallest absolute Gasteiger partial charge is 0.378 e. The Morgan fingerprint density at radius 3 is 2.55 bits per heavy atom. The Morgan fingerprint density at radius 1 is 1.30 bits per heavy atom. The van der Waals surface area contributed by atoms with Crippen LogP contribution in [0.15, 0.2) is 0 Å². The molecule has 0 radical (unpaired) electrons. The van der Waals surface area contributed by atoms with Crippen molar-refractivity contribution >= 4 is 28.4 Å². The topological polar surface area (TPSA) is 56.3 Å². The molecular formula is C11H15F3IN3O2. The predicted molar refractivity (Wildman–Crippen MR) is 75.6 cm³/mol. The average Bonchev–Trinajstić information content (AvgIpc) is 2.37. The Morgan fingerprint density at radius 2 is 2.00 bits per heavy atom. The van der Waals surface area contributed by atoms with Crippen LogP contribution in [0.3, 0.4) is 0 Å². The third-order valence-corrected chi connectivity index (χ3v) is 3.35. The van der Waals surface area contributed by atoms with Gasteiger partial charge < -0.3 is 14.8 Å². The number of halogens is 4. The molecule has 9 heteroatoms. The average molecular weight is 405 g/mol. The van der Waals surface area contributed by atoms with Gasteiger partial charge in [0.15, 0.2) is 0 Å². The lowest BCUT2D eigenvalue weighted by atomic mass is 10.3. The van der Waals surface area contributed by atoms with Crippen molar-refractivity contribution in [2.24, 2.45) is 0 Å². The van der Waals surface area contributed by atoms with Crippen LogP contribution in [0.25, 0.3) is 0 Å². The molecule has 20 heavy (non-hydrogen) atoms. The highest BCUT2D eigenvalue weighted by Gasteiger charge is 2.27. The van der Waals surface area contributed by atoms with Crippen LogP contribution < -0.4 is 5.32 Å². The van der Waals surface area contributed by atoms with Gasteiger partial charge in [0.25, 0.3) is 0 Å². The van der Waals surface area contributed by atoms with E-state index in [1.807, 2.05) is 0 Å². The molecule has 0 unspecified atom stereocenters. The highest BCUT2D eigenvalue weighted by Crippen LogP contribution is 2.20. The lowest BCUT2D eigenvalue weighted by molar-refractivity contribution is -0.173. The van der Waals surface area contributed by atoms with Gasteiger partial charge in [-0.3, -0.25) is 0 Å². The Balaban J connectivity index is 2.67. The third-order valence-electron chi connectivity index (χ3n) is 2.22. The largest absolute Gasteiger partial charge is 0.411 e. The summed E-state index contributed by atoms with van der Waals surface area (Å²) in [7, 11) is 3.26. The van der Waals surface area contributed by atoms with Gasteiger partial charge in [-0.1, -0.05) is 0 Å². The second-order valence-corrected chi connectivity index (χ2v) is 4.93. The fourth-order valence-corrected chi connectivity index (χ4v) is 2.07. The van der Waals surface area contributed by atoms with Gasteiger partial charge in [-0.05, 0) is 22.6 Å².